The van der Waals surface area contributed by atoms with Crippen molar-refractivity contribution in [3.8, 4) is 0 Å². The van der Waals surface area contributed by atoms with Gasteiger partial charge in [-0.3, -0.25) is 4.79 Å². The number of aromatic nitrogens is 2. The van der Waals surface area contributed by atoms with Gasteiger partial charge in [0.25, 0.3) is 5.91 Å². The Labute approximate surface area is 132 Å². The lowest BCUT2D eigenvalue weighted by Gasteiger charge is -2.18. The molecule has 2 fully saturated rings. The lowest BCUT2D eigenvalue weighted by atomic mass is 10.0. The van der Waals surface area contributed by atoms with Crippen LogP contribution in [0.3, 0.4) is 0 Å². The smallest absolute Gasteiger partial charge is 0.289 e. The van der Waals surface area contributed by atoms with E-state index in [2.05, 4.69) is 21.9 Å². The molecular formula is C15H16ClFN4O. The topological polar surface area (TPSA) is 52.2 Å². The van der Waals surface area contributed by atoms with E-state index in [9.17, 15) is 9.18 Å². The third-order valence-electron chi connectivity index (χ3n) is 4.66. The van der Waals surface area contributed by atoms with Crippen LogP contribution >= 0.6 is 11.6 Å². The first kappa shape index (κ1) is 14.0. The molecule has 0 unspecified atom stereocenters. The highest BCUT2D eigenvalue weighted by atomic mass is 35.5. The molecule has 116 valence electrons. The maximum Gasteiger partial charge on any atom is 0.289 e. The average Bonchev–Trinajstić information content (AvgIpc) is 3.09. The summed E-state index contributed by atoms with van der Waals surface area (Å²) in [4.78, 5) is 23.9. The van der Waals surface area contributed by atoms with Crippen LogP contribution in [0.5, 0.6) is 0 Å². The van der Waals surface area contributed by atoms with Gasteiger partial charge in [0.1, 0.15) is 11.3 Å². The van der Waals surface area contributed by atoms with Crippen LogP contribution in [0.15, 0.2) is 12.1 Å². The summed E-state index contributed by atoms with van der Waals surface area (Å²) in [5.41, 5.74) is 0.887. The second-order valence-corrected chi connectivity index (χ2v) is 6.73. The summed E-state index contributed by atoms with van der Waals surface area (Å²) >= 11 is 5.98. The van der Waals surface area contributed by atoms with Crippen LogP contribution in [0.2, 0.25) is 5.02 Å². The van der Waals surface area contributed by atoms with Gasteiger partial charge in [0.05, 0.1) is 10.5 Å². The SMILES string of the molecule is CN1C[C@@H]2CN(C(=O)c3nc4c(Cl)cc(F)cc4[nH]3)C[C@@H]2C1. The fourth-order valence-electron chi connectivity index (χ4n) is 3.69. The lowest BCUT2D eigenvalue weighted by molar-refractivity contribution is 0.0765. The van der Waals surface area contributed by atoms with Crippen molar-refractivity contribution >= 4 is 28.5 Å². The molecule has 2 aromatic rings. The number of amides is 1. The number of carbonyl (C=O) groups excluding carboxylic acids is 1. The molecule has 0 spiro atoms. The number of H-pyrrole nitrogens is 1. The van der Waals surface area contributed by atoms with Crippen molar-refractivity contribution in [1.29, 1.82) is 0 Å². The molecule has 4 rings (SSSR count). The molecule has 0 bridgehead atoms. The maximum atomic E-state index is 13.4. The van der Waals surface area contributed by atoms with Gasteiger partial charge in [0.2, 0.25) is 0 Å². The highest BCUT2D eigenvalue weighted by Gasteiger charge is 2.41. The first-order chi connectivity index (χ1) is 10.5. The van der Waals surface area contributed by atoms with Gasteiger partial charge in [-0.15, -0.1) is 0 Å². The number of nitrogens with zero attached hydrogens (tertiary/aromatic N) is 3. The van der Waals surface area contributed by atoms with Crippen LogP contribution < -0.4 is 0 Å². The Balaban J connectivity index is 1.60. The largest absolute Gasteiger partial charge is 0.335 e. The molecule has 0 aliphatic carbocycles. The molecule has 1 aromatic heterocycles. The van der Waals surface area contributed by atoms with Gasteiger partial charge in [0, 0.05) is 26.2 Å². The number of halogens is 2. The summed E-state index contributed by atoms with van der Waals surface area (Å²) < 4.78 is 13.4. The molecular weight excluding hydrogens is 307 g/mol. The lowest BCUT2D eigenvalue weighted by Crippen LogP contribution is -2.32. The van der Waals surface area contributed by atoms with Gasteiger partial charge >= 0.3 is 0 Å². The van der Waals surface area contributed by atoms with Crippen molar-refractivity contribution < 1.29 is 9.18 Å². The van der Waals surface area contributed by atoms with Crippen molar-refractivity contribution in [2.45, 2.75) is 0 Å². The third kappa shape index (κ3) is 2.18. The molecule has 7 heteroatoms. The van der Waals surface area contributed by atoms with Gasteiger partial charge in [0.15, 0.2) is 5.82 Å². The fourth-order valence-corrected chi connectivity index (χ4v) is 3.94. The number of carbonyl (C=O) groups is 1. The monoisotopic (exact) mass is 322 g/mol. The van der Waals surface area contributed by atoms with Crippen molar-refractivity contribution in [3.63, 3.8) is 0 Å². The fraction of sp³-hybridized carbons (Fsp3) is 0.467. The Morgan fingerprint density at radius 3 is 2.68 bits per heavy atom. The first-order valence-corrected chi connectivity index (χ1v) is 7.71. The maximum absolute atomic E-state index is 13.4. The zero-order chi connectivity index (χ0) is 15.4. The highest BCUT2D eigenvalue weighted by molar-refractivity contribution is 6.35. The quantitative estimate of drug-likeness (QED) is 0.873. The number of fused-ring (bicyclic) bond motifs is 2. The van der Waals surface area contributed by atoms with Gasteiger partial charge in [-0.2, -0.15) is 0 Å². The minimum Gasteiger partial charge on any atom is -0.335 e. The second-order valence-electron chi connectivity index (χ2n) is 6.32. The number of likely N-dealkylation sites (tertiary alicyclic amines) is 2. The molecule has 1 amide bonds. The number of rotatable bonds is 1. The molecule has 1 aromatic carbocycles. The molecule has 1 N–H and O–H groups in total. The predicted molar refractivity (Wildman–Crippen MR) is 81.4 cm³/mol. The van der Waals surface area contributed by atoms with Crippen molar-refractivity contribution in [1.82, 2.24) is 19.8 Å². The predicted octanol–water partition coefficient (Wildman–Crippen LogP) is 1.99. The minimum atomic E-state index is -0.445. The number of benzene rings is 1. The van der Waals surface area contributed by atoms with E-state index in [1.807, 2.05) is 4.90 Å². The normalized spacial score (nSPS) is 25.1. The number of hydrogen-bond acceptors (Lipinski definition) is 3. The Morgan fingerprint density at radius 2 is 2.00 bits per heavy atom. The van der Waals surface area contributed by atoms with Gasteiger partial charge < -0.3 is 14.8 Å². The van der Waals surface area contributed by atoms with Gasteiger partial charge in [-0.05, 0) is 31.0 Å². The Hall–Kier alpha value is -1.66. The summed E-state index contributed by atoms with van der Waals surface area (Å²) in [5, 5.41) is 0.213. The average molecular weight is 323 g/mol. The van der Waals surface area contributed by atoms with E-state index in [0.717, 1.165) is 26.2 Å². The van der Waals surface area contributed by atoms with Crippen LogP contribution in [0, 0.1) is 17.7 Å². The van der Waals surface area contributed by atoms with Crippen LogP contribution in [0.4, 0.5) is 4.39 Å². The zero-order valence-corrected chi connectivity index (χ0v) is 12.9. The standard InChI is InChI=1S/C15H16ClFN4O/c1-20-4-8-6-21(7-9(8)5-20)15(22)14-18-12-3-10(17)2-11(16)13(12)19-14/h2-3,8-9H,4-7H2,1H3,(H,18,19)/t8-,9+. The van der Waals surface area contributed by atoms with Crippen LogP contribution in [0.1, 0.15) is 10.6 Å². The van der Waals surface area contributed by atoms with Crippen LogP contribution in [-0.2, 0) is 0 Å². The summed E-state index contributed by atoms with van der Waals surface area (Å²) in [6.45, 7) is 3.58. The van der Waals surface area contributed by atoms with E-state index in [4.69, 9.17) is 11.6 Å². The van der Waals surface area contributed by atoms with E-state index < -0.39 is 5.82 Å². The van der Waals surface area contributed by atoms with E-state index in [0.29, 0.717) is 22.9 Å². The van der Waals surface area contributed by atoms with Gasteiger partial charge in [-0.1, -0.05) is 11.6 Å². The molecule has 2 saturated heterocycles. The molecule has 22 heavy (non-hydrogen) atoms. The first-order valence-electron chi connectivity index (χ1n) is 7.34. The van der Waals surface area contributed by atoms with E-state index in [-0.39, 0.29) is 16.8 Å². The number of nitrogens with one attached hydrogen (secondary N) is 1. The van der Waals surface area contributed by atoms with Gasteiger partial charge in [-0.25, -0.2) is 9.37 Å². The minimum absolute atomic E-state index is 0.135. The van der Waals surface area contributed by atoms with Crippen molar-refractivity contribution in [2.24, 2.45) is 11.8 Å². The van der Waals surface area contributed by atoms with Crippen LogP contribution in [-0.4, -0.2) is 58.9 Å². The second kappa shape index (κ2) is 4.93. The molecule has 2 atom stereocenters. The molecule has 5 nitrogen and oxygen atoms in total. The molecule has 0 radical (unpaired) electrons. The van der Waals surface area contributed by atoms with Crippen molar-refractivity contribution in [3.05, 3.63) is 28.8 Å². The van der Waals surface area contributed by atoms with E-state index in [1.165, 1.54) is 12.1 Å². The number of hydrogen-bond donors (Lipinski definition) is 1. The zero-order valence-electron chi connectivity index (χ0n) is 12.1. The van der Waals surface area contributed by atoms with Crippen molar-refractivity contribution in [2.75, 3.05) is 33.2 Å². The summed E-state index contributed by atoms with van der Waals surface area (Å²) in [6, 6.07) is 2.51. The molecule has 2 aliphatic rings. The highest BCUT2D eigenvalue weighted by Crippen LogP contribution is 2.31. The number of aromatic amines is 1. The van der Waals surface area contributed by atoms with E-state index in [1.54, 1.807) is 0 Å². The molecule has 0 saturated carbocycles. The summed E-state index contributed by atoms with van der Waals surface area (Å²) in [7, 11) is 2.11. The Bertz CT molecular complexity index is 747. The number of imidazole rings is 1. The van der Waals surface area contributed by atoms with E-state index >= 15 is 0 Å². The Kier molecular flexibility index (Phi) is 3.13. The molecule has 2 aliphatic heterocycles. The summed E-state index contributed by atoms with van der Waals surface area (Å²) in [6.07, 6.45) is 0. The summed E-state index contributed by atoms with van der Waals surface area (Å²) in [5.74, 6) is 0.734. The Morgan fingerprint density at radius 1 is 1.32 bits per heavy atom. The van der Waals surface area contributed by atoms with Crippen LogP contribution in [0.25, 0.3) is 11.0 Å². The third-order valence-corrected chi connectivity index (χ3v) is 4.95. The molecule has 3 heterocycles.